The average molecular weight is 467 g/mol. The van der Waals surface area contributed by atoms with Crippen LogP contribution in [0.2, 0.25) is 0 Å². The van der Waals surface area contributed by atoms with Crippen molar-refractivity contribution < 1.29 is 9.59 Å². The van der Waals surface area contributed by atoms with Crippen molar-refractivity contribution in [1.82, 2.24) is 19.8 Å². The van der Waals surface area contributed by atoms with Crippen molar-refractivity contribution >= 4 is 50.5 Å². The molecule has 1 N–H and O–H groups in total. The van der Waals surface area contributed by atoms with Gasteiger partial charge < -0.3 is 5.32 Å². The lowest BCUT2D eigenvalue weighted by molar-refractivity contribution is -0.126. The van der Waals surface area contributed by atoms with E-state index in [2.05, 4.69) is 33.2 Å². The zero-order chi connectivity index (χ0) is 20.3. The third kappa shape index (κ3) is 4.41. The van der Waals surface area contributed by atoms with Crippen molar-refractivity contribution in [2.24, 2.45) is 0 Å². The maximum atomic E-state index is 13.1. The number of benzene rings is 1. The number of amides is 3. The maximum absolute atomic E-state index is 13.1. The molecule has 9 heteroatoms. The first-order valence-corrected chi connectivity index (χ1v) is 11.1. The Labute approximate surface area is 176 Å². The first-order chi connectivity index (χ1) is 13.4. The number of fused-ring (bicyclic) bond motifs is 1. The Bertz CT molecular complexity index is 962. The van der Waals surface area contributed by atoms with Gasteiger partial charge in [-0.25, -0.2) is 9.78 Å². The van der Waals surface area contributed by atoms with Crippen LogP contribution in [-0.2, 0) is 11.3 Å². The number of unbranched alkanes of at least 4 members (excludes halogenated alkanes) is 2. The van der Waals surface area contributed by atoms with E-state index in [9.17, 15) is 14.4 Å². The van der Waals surface area contributed by atoms with Crippen LogP contribution >= 0.6 is 27.7 Å². The fourth-order valence-electron chi connectivity index (χ4n) is 3.09. The van der Waals surface area contributed by atoms with Crippen molar-refractivity contribution in [2.45, 2.75) is 50.1 Å². The van der Waals surface area contributed by atoms with E-state index in [0.717, 1.165) is 23.7 Å². The molecule has 1 fully saturated rings. The van der Waals surface area contributed by atoms with Crippen LogP contribution in [-0.4, -0.2) is 44.7 Å². The molecule has 2 aromatic rings. The minimum Gasteiger partial charge on any atom is -0.336 e. The highest BCUT2D eigenvalue weighted by Crippen LogP contribution is 2.25. The summed E-state index contributed by atoms with van der Waals surface area (Å²) in [6.45, 7) is 5.23. The predicted octanol–water partition coefficient (Wildman–Crippen LogP) is 3.38. The molecule has 2 heterocycles. The topological polar surface area (TPSA) is 84.3 Å². The lowest BCUT2D eigenvalue weighted by Crippen LogP contribution is -2.39. The number of imide groups is 1. The van der Waals surface area contributed by atoms with Crippen molar-refractivity contribution in [3.8, 4) is 0 Å². The molecule has 3 rings (SSSR count). The van der Waals surface area contributed by atoms with Crippen LogP contribution in [0.1, 0.15) is 33.1 Å². The van der Waals surface area contributed by atoms with Gasteiger partial charge in [0.2, 0.25) is 5.91 Å². The second-order valence-corrected chi connectivity index (χ2v) is 8.93. The molecule has 1 unspecified atom stereocenters. The van der Waals surface area contributed by atoms with Gasteiger partial charge in [0.05, 0.1) is 16.2 Å². The monoisotopic (exact) mass is 466 g/mol. The number of hydrogen-bond acceptors (Lipinski definition) is 5. The third-order valence-electron chi connectivity index (χ3n) is 4.62. The highest BCUT2D eigenvalue weighted by atomic mass is 79.9. The molecule has 1 aromatic carbocycles. The molecular weight excluding hydrogens is 444 g/mol. The highest BCUT2D eigenvalue weighted by molar-refractivity contribution is 9.10. The zero-order valence-electron chi connectivity index (χ0n) is 15.9. The molecule has 1 aromatic heterocycles. The largest absolute Gasteiger partial charge is 0.336 e. The minimum absolute atomic E-state index is 0.108. The number of halogens is 1. The van der Waals surface area contributed by atoms with E-state index in [0.29, 0.717) is 35.7 Å². The standard InChI is InChI=1S/C19H23BrN4O3S/c1-3-4-5-9-24-17(26)14-11-13(20)6-7-15(14)22-19(24)28-12(2)16(25)23-10-8-21-18(23)27/h6-7,11-12H,3-5,8-10H2,1-2H3,(H,21,27). The molecule has 1 atom stereocenters. The van der Waals surface area contributed by atoms with E-state index < -0.39 is 5.25 Å². The van der Waals surface area contributed by atoms with E-state index in [-0.39, 0.29) is 17.5 Å². The molecule has 0 spiro atoms. The van der Waals surface area contributed by atoms with E-state index in [1.807, 2.05) is 6.07 Å². The molecule has 0 aliphatic carbocycles. The number of rotatable bonds is 7. The molecule has 1 aliphatic heterocycles. The van der Waals surface area contributed by atoms with Crippen LogP contribution in [0.25, 0.3) is 10.9 Å². The first kappa shape index (κ1) is 20.9. The summed E-state index contributed by atoms with van der Waals surface area (Å²) in [5.74, 6) is -0.273. The van der Waals surface area contributed by atoms with Gasteiger partial charge in [0.25, 0.3) is 5.56 Å². The Balaban J connectivity index is 1.94. The Kier molecular flexibility index (Phi) is 6.77. The summed E-state index contributed by atoms with van der Waals surface area (Å²) in [5.41, 5.74) is 0.490. The van der Waals surface area contributed by atoms with Gasteiger partial charge >= 0.3 is 6.03 Å². The number of hydrogen-bond donors (Lipinski definition) is 1. The zero-order valence-corrected chi connectivity index (χ0v) is 18.3. The summed E-state index contributed by atoms with van der Waals surface area (Å²) in [7, 11) is 0. The normalized spacial score (nSPS) is 15.1. The van der Waals surface area contributed by atoms with Crippen molar-refractivity contribution in [1.29, 1.82) is 0 Å². The van der Waals surface area contributed by atoms with Crippen LogP contribution in [0.5, 0.6) is 0 Å². The SMILES string of the molecule is CCCCCn1c(SC(C)C(=O)N2CCNC2=O)nc2ccc(Br)cc2c1=O. The number of nitrogens with zero attached hydrogens (tertiary/aromatic N) is 3. The summed E-state index contributed by atoms with van der Waals surface area (Å²) in [4.78, 5) is 43.4. The molecule has 1 aliphatic rings. The summed E-state index contributed by atoms with van der Waals surface area (Å²) < 4.78 is 2.48. The number of nitrogens with one attached hydrogen (secondary N) is 1. The molecule has 0 saturated carbocycles. The third-order valence-corrected chi connectivity index (χ3v) is 6.19. The summed E-state index contributed by atoms with van der Waals surface area (Å²) in [5, 5.41) is 3.17. The molecule has 3 amide bonds. The van der Waals surface area contributed by atoms with Crippen molar-refractivity contribution in [3.05, 3.63) is 33.0 Å². The van der Waals surface area contributed by atoms with Gasteiger partial charge in [-0.3, -0.25) is 19.1 Å². The fraction of sp³-hybridized carbons (Fsp3) is 0.474. The Morgan fingerprint density at radius 1 is 1.36 bits per heavy atom. The average Bonchev–Trinajstić information content (AvgIpc) is 3.10. The predicted molar refractivity (Wildman–Crippen MR) is 114 cm³/mol. The van der Waals surface area contributed by atoms with Gasteiger partial charge in [-0.15, -0.1) is 0 Å². The van der Waals surface area contributed by atoms with Gasteiger partial charge in [-0.1, -0.05) is 47.5 Å². The smallest absolute Gasteiger partial charge is 0.324 e. The molecule has 1 saturated heterocycles. The van der Waals surface area contributed by atoms with Crippen molar-refractivity contribution in [2.75, 3.05) is 13.1 Å². The van der Waals surface area contributed by atoms with Gasteiger partial charge in [-0.05, 0) is 31.5 Å². The number of carbonyl (C=O) groups excluding carboxylic acids is 2. The quantitative estimate of drug-likeness (QED) is 0.384. The van der Waals surface area contributed by atoms with Gasteiger partial charge in [-0.2, -0.15) is 0 Å². The van der Waals surface area contributed by atoms with Gasteiger partial charge in [0.1, 0.15) is 0 Å². The number of urea groups is 1. The first-order valence-electron chi connectivity index (χ1n) is 9.38. The molecule has 28 heavy (non-hydrogen) atoms. The number of thioether (sulfide) groups is 1. The van der Waals surface area contributed by atoms with Crippen LogP contribution in [0.15, 0.2) is 32.6 Å². The van der Waals surface area contributed by atoms with Crippen LogP contribution in [0.4, 0.5) is 4.79 Å². The minimum atomic E-state index is -0.527. The lowest BCUT2D eigenvalue weighted by atomic mass is 10.2. The van der Waals surface area contributed by atoms with E-state index in [1.54, 1.807) is 23.6 Å². The molecule has 0 bridgehead atoms. The lowest BCUT2D eigenvalue weighted by Gasteiger charge is -2.19. The molecule has 150 valence electrons. The molecule has 0 radical (unpaired) electrons. The highest BCUT2D eigenvalue weighted by Gasteiger charge is 2.31. The van der Waals surface area contributed by atoms with Crippen LogP contribution in [0.3, 0.4) is 0 Å². The van der Waals surface area contributed by atoms with Gasteiger partial charge in [0, 0.05) is 24.1 Å². The van der Waals surface area contributed by atoms with Crippen LogP contribution in [0, 0.1) is 0 Å². The second-order valence-electron chi connectivity index (χ2n) is 6.70. The fourth-order valence-corrected chi connectivity index (χ4v) is 4.45. The van der Waals surface area contributed by atoms with Crippen LogP contribution < -0.4 is 10.9 Å². The van der Waals surface area contributed by atoms with Gasteiger partial charge in [0.15, 0.2) is 5.16 Å². The second kappa shape index (κ2) is 9.09. The van der Waals surface area contributed by atoms with E-state index >= 15 is 0 Å². The Morgan fingerprint density at radius 3 is 2.82 bits per heavy atom. The number of carbonyl (C=O) groups is 2. The van der Waals surface area contributed by atoms with E-state index in [1.165, 1.54) is 16.7 Å². The number of aromatic nitrogens is 2. The molecule has 7 nitrogen and oxygen atoms in total. The van der Waals surface area contributed by atoms with E-state index in [4.69, 9.17) is 0 Å². The molecular formula is C19H23BrN4O3S. The summed E-state index contributed by atoms with van der Waals surface area (Å²) in [6, 6.07) is 5.04. The maximum Gasteiger partial charge on any atom is 0.324 e. The summed E-state index contributed by atoms with van der Waals surface area (Å²) in [6.07, 6.45) is 2.92. The van der Waals surface area contributed by atoms with Crippen molar-refractivity contribution in [3.63, 3.8) is 0 Å². The Hall–Kier alpha value is -1.87. The Morgan fingerprint density at radius 2 is 2.14 bits per heavy atom. The summed E-state index contributed by atoms with van der Waals surface area (Å²) >= 11 is 4.63.